The minimum Gasteiger partial charge on any atom is -0.352 e. The largest absolute Gasteiger partial charge is 0.352 e. The van der Waals surface area contributed by atoms with Gasteiger partial charge in [0.05, 0.1) is 6.54 Å². The lowest BCUT2D eigenvalue weighted by atomic mass is 10.2. The van der Waals surface area contributed by atoms with E-state index in [4.69, 9.17) is 0 Å². The zero-order valence-corrected chi connectivity index (χ0v) is 8.46. The molecule has 1 aliphatic rings. The molecular formula is C9H19N3. The van der Waals surface area contributed by atoms with Gasteiger partial charge in [0.25, 0.3) is 0 Å². The van der Waals surface area contributed by atoms with E-state index in [9.17, 15) is 0 Å². The third-order valence-corrected chi connectivity index (χ3v) is 2.48. The molecule has 0 aromatic carbocycles. The summed E-state index contributed by atoms with van der Waals surface area (Å²) < 4.78 is 0. The van der Waals surface area contributed by atoms with Gasteiger partial charge in [-0.25, -0.2) is 0 Å². The fourth-order valence-electron chi connectivity index (χ4n) is 1.23. The van der Waals surface area contributed by atoms with E-state index >= 15 is 0 Å². The predicted octanol–water partition coefficient (Wildman–Crippen LogP) is 1.06. The zero-order chi connectivity index (χ0) is 9.14. The van der Waals surface area contributed by atoms with Crippen LogP contribution in [0.2, 0.25) is 0 Å². The number of hydrogen-bond acceptors (Lipinski definition) is 3. The standard InChI is InChI=1S/C9H19N3/c1-5-8(3)12(4)9-10-6-7(2)11-9/h7-8H,5-6H2,1-4H3,(H,10,11). The first-order chi connectivity index (χ1) is 5.65. The van der Waals surface area contributed by atoms with Crippen LogP contribution in [0, 0.1) is 0 Å². The van der Waals surface area contributed by atoms with Crippen LogP contribution in [0.15, 0.2) is 4.99 Å². The molecule has 0 bridgehead atoms. The van der Waals surface area contributed by atoms with Crippen LogP contribution in [0.25, 0.3) is 0 Å². The molecule has 0 aliphatic carbocycles. The number of hydrogen-bond donors (Lipinski definition) is 1. The monoisotopic (exact) mass is 169 g/mol. The van der Waals surface area contributed by atoms with Crippen LogP contribution < -0.4 is 5.32 Å². The van der Waals surface area contributed by atoms with Gasteiger partial charge in [-0.3, -0.25) is 4.99 Å². The van der Waals surface area contributed by atoms with Gasteiger partial charge in [0.1, 0.15) is 0 Å². The number of nitrogens with one attached hydrogen (secondary N) is 1. The van der Waals surface area contributed by atoms with Crippen LogP contribution in [0.1, 0.15) is 27.2 Å². The third kappa shape index (κ3) is 1.90. The Hall–Kier alpha value is -0.730. The summed E-state index contributed by atoms with van der Waals surface area (Å²) in [5.41, 5.74) is 0. The van der Waals surface area contributed by atoms with Crippen molar-refractivity contribution in [3.8, 4) is 0 Å². The molecule has 12 heavy (non-hydrogen) atoms. The average molecular weight is 169 g/mol. The van der Waals surface area contributed by atoms with Gasteiger partial charge in [0, 0.05) is 19.1 Å². The molecule has 0 saturated carbocycles. The summed E-state index contributed by atoms with van der Waals surface area (Å²) in [5, 5.41) is 3.34. The normalized spacial score (nSPS) is 24.7. The van der Waals surface area contributed by atoms with Crippen molar-refractivity contribution in [2.75, 3.05) is 13.6 Å². The maximum Gasteiger partial charge on any atom is 0.194 e. The molecule has 1 aliphatic heterocycles. The summed E-state index contributed by atoms with van der Waals surface area (Å²) in [4.78, 5) is 6.63. The summed E-state index contributed by atoms with van der Waals surface area (Å²) in [6.45, 7) is 7.48. The Balaban J connectivity index is 2.48. The van der Waals surface area contributed by atoms with Crippen LogP contribution in [-0.2, 0) is 0 Å². The van der Waals surface area contributed by atoms with Gasteiger partial charge in [-0.15, -0.1) is 0 Å². The van der Waals surface area contributed by atoms with Gasteiger partial charge in [0.2, 0.25) is 0 Å². The summed E-state index contributed by atoms with van der Waals surface area (Å²) in [7, 11) is 2.10. The van der Waals surface area contributed by atoms with Crippen molar-refractivity contribution in [1.29, 1.82) is 0 Å². The Labute approximate surface area is 74.9 Å². The molecule has 0 radical (unpaired) electrons. The zero-order valence-electron chi connectivity index (χ0n) is 8.46. The van der Waals surface area contributed by atoms with Crippen molar-refractivity contribution in [3.05, 3.63) is 0 Å². The fourth-order valence-corrected chi connectivity index (χ4v) is 1.23. The highest BCUT2D eigenvalue weighted by Crippen LogP contribution is 2.04. The lowest BCUT2D eigenvalue weighted by Crippen LogP contribution is -2.43. The van der Waals surface area contributed by atoms with Crippen molar-refractivity contribution in [1.82, 2.24) is 10.2 Å². The van der Waals surface area contributed by atoms with E-state index in [2.05, 4.69) is 43.0 Å². The SMILES string of the molecule is CCC(C)N(C)C1=NCC(C)N1. The summed E-state index contributed by atoms with van der Waals surface area (Å²) in [5.74, 6) is 1.05. The number of guanidine groups is 1. The fraction of sp³-hybridized carbons (Fsp3) is 0.889. The summed E-state index contributed by atoms with van der Waals surface area (Å²) >= 11 is 0. The molecular weight excluding hydrogens is 150 g/mol. The Kier molecular flexibility index (Phi) is 2.95. The van der Waals surface area contributed by atoms with Crippen molar-refractivity contribution >= 4 is 5.96 Å². The second-order valence-electron chi connectivity index (χ2n) is 3.58. The van der Waals surface area contributed by atoms with E-state index in [1.165, 1.54) is 0 Å². The minimum absolute atomic E-state index is 0.506. The second kappa shape index (κ2) is 3.78. The minimum atomic E-state index is 0.506. The van der Waals surface area contributed by atoms with Crippen LogP contribution in [-0.4, -0.2) is 36.5 Å². The van der Waals surface area contributed by atoms with Gasteiger partial charge in [-0.1, -0.05) is 6.92 Å². The molecule has 0 amide bonds. The lowest BCUT2D eigenvalue weighted by molar-refractivity contribution is 0.370. The van der Waals surface area contributed by atoms with Gasteiger partial charge >= 0.3 is 0 Å². The van der Waals surface area contributed by atoms with E-state index in [1.54, 1.807) is 0 Å². The van der Waals surface area contributed by atoms with Gasteiger partial charge in [-0.05, 0) is 20.3 Å². The van der Waals surface area contributed by atoms with E-state index in [1.807, 2.05) is 0 Å². The molecule has 1 rings (SSSR count). The molecule has 0 aromatic rings. The quantitative estimate of drug-likeness (QED) is 0.669. The van der Waals surface area contributed by atoms with Crippen LogP contribution in [0.4, 0.5) is 0 Å². The molecule has 2 unspecified atom stereocenters. The van der Waals surface area contributed by atoms with E-state index in [-0.39, 0.29) is 0 Å². The predicted molar refractivity (Wildman–Crippen MR) is 52.4 cm³/mol. The van der Waals surface area contributed by atoms with Crippen molar-refractivity contribution in [3.63, 3.8) is 0 Å². The van der Waals surface area contributed by atoms with Crippen LogP contribution in [0.3, 0.4) is 0 Å². The molecule has 0 aromatic heterocycles. The molecule has 70 valence electrons. The topological polar surface area (TPSA) is 27.6 Å². The molecule has 0 saturated heterocycles. The van der Waals surface area contributed by atoms with Crippen molar-refractivity contribution < 1.29 is 0 Å². The molecule has 0 spiro atoms. The molecule has 2 atom stereocenters. The van der Waals surface area contributed by atoms with Crippen LogP contribution >= 0.6 is 0 Å². The highest BCUT2D eigenvalue weighted by molar-refractivity contribution is 5.81. The number of aliphatic imine (C=N–C) groups is 1. The van der Waals surface area contributed by atoms with E-state index in [0.717, 1.165) is 18.9 Å². The Morgan fingerprint density at radius 3 is 2.83 bits per heavy atom. The van der Waals surface area contributed by atoms with E-state index < -0.39 is 0 Å². The highest BCUT2D eigenvalue weighted by atomic mass is 15.3. The molecule has 1 heterocycles. The molecule has 1 N–H and O–H groups in total. The Morgan fingerprint density at radius 2 is 2.42 bits per heavy atom. The Morgan fingerprint density at radius 1 is 1.75 bits per heavy atom. The molecule has 3 nitrogen and oxygen atoms in total. The second-order valence-corrected chi connectivity index (χ2v) is 3.58. The van der Waals surface area contributed by atoms with Crippen molar-refractivity contribution in [2.24, 2.45) is 4.99 Å². The highest BCUT2D eigenvalue weighted by Gasteiger charge is 2.18. The maximum absolute atomic E-state index is 4.42. The van der Waals surface area contributed by atoms with Gasteiger partial charge in [-0.2, -0.15) is 0 Å². The van der Waals surface area contributed by atoms with Crippen molar-refractivity contribution in [2.45, 2.75) is 39.3 Å². The summed E-state index contributed by atoms with van der Waals surface area (Å²) in [6, 6.07) is 1.08. The van der Waals surface area contributed by atoms with E-state index in [0.29, 0.717) is 12.1 Å². The average Bonchev–Trinajstić information content (AvgIpc) is 2.49. The first-order valence-corrected chi connectivity index (χ1v) is 4.69. The lowest BCUT2D eigenvalue weighted by Gasteiger charge is -2.26. The van der Waals surface area contributed by atoms with Crippen LogP contribution in [0.5, 0.6) is 0 Å². The first kappa shape index (κ1) is 9.36. The summed E-state index contributed by atoms with van der Waals surface area (Å²) in [6.07, 6.45) is 1.16. The van der Waals surface area contributed by atoms with Gasteiger partial charge in [0.15, 0.2) is 5.96 Å². The molecule has 3 heteroatoms. The first-order valence-electron chi connectivity index (χ1n) is 4.69. The maximum atomic E-state index is 4.42. The molecule has 0 fully saturated rings. The third-order valence-electron chi connectivity index (χ3n) is 2.48. The smallest absolute Gasteiger partial charge is 0.194 e. The Bertz CT molecular complexity index is 177. The van der Waals surface area contributed by atoms with Gasteiger partial charge < -0.3 is 10.2 Å². The number of nitrogens with zero attached hydrogens (tertiary/aromatic N) is 2. The number of rotatable bonds is 2.